The van der Waals surface area contributed by atoms with Crippen LogP contribution in [0.15, 0.2) is 52.6 Å². The molecule has 4 aromatic heterocycles. The predicted octanol–water partition coefficient (Wildman–Crippen LogP) is 4.60. The average Bonchev–Trinajstić information content (AvgIpc) is 3.35. The first-order valence-electron chi connectivity index (χ1n) is 9.09. The van der Waals surface area contributed by atoms with Gasteiger partial charge in [0.25, 0.3) is 5.56 Å². The highest BCUT2D eigenvalue weighted by molar-refractivity contribution is 7.22. The molecule has 0 saturated heterocycles. The van der Waals surface area contributed by atoms with Crippen molar-refractivity contribution in [3.05, 3.63) is 69.8 Å². The number of thiophene rings is 2. The zero-order valence-electron chi connectivity index (χ0n) is 15.8. The number of aryl methyl sites for hydroxylation is 1. The van der Waals surface area contributed by atoms with Gasteiger partial charge in [-0.3, -0.25) is 4.79 Å². The number of nitrogens with one attached hydrogen (secondary N) is 1. The van der Waals surface area contributed by atoms with Crippen molar-refractivity contribution >= 4 is 48.9 Å². The molecule has 5 aromatic rings. The fourth-order valence-electron chi connectivity index (χ4n) is 3.34. The van der Waals surface area contributed by atoms with Crippen molar-refractivity contribution in [1.29, 1.82) is 0 Å². The Balaban J connectivity index is 1.56. The second kappa shape index (κ2) is 7.06. The third-order valence-electron chi connectivity index (χ3n) is 4.66. The summed E-state index contributed by atoms with van der Waals surface area (Å²) in [5.41, 5.74) is 1.79. The number of fused-ring (bicyclic) bond motifs is 2. The lowest BCUT2D eigenvalue weighted by atomic mass is 10.2. The van der Waals surface area contributed by atoms with E-state index in [2.05, 4.69) is 38.1 Å². The van der Waals surface area contributed by atoms with Gasteiger partial charge < -0.3 is 9.88 Å². The molecule has 5 rings (SSSR count). The molecule has 0 atom stereocenters. The van der Waals surface area contributed by atoms with Gasteiger partial charge in [-0.25, -0.2) is 15.0 Å². The number of aromatic nitrogens is 4. The van der Waals surface area contributed by atoms with E-state index in [0.717, 1.165) is 37.8 Å². The fraction of sp³-hybridized carbons (Fsp3) is 0.143. The van der Waals surface area contributed by atoms with E-state index < -0.39 is 0 Å². The molecular weight excluding hydrogens is 402 g/mol. The lowest BCUT2D eigenvalue weighted by Gasteiger charge is -2.18. The van der Waals surface area contributed by atoms with E-state index >= 15 is 0 Å². The first kappa shape index (κ1) is 18.0. The van der Waals surface area contributed by atoms with Gasteiger partial charge >= 0.3 is 0 Å². The monoisotopic (exact) mass is 419 g/mol. The van der Waals surface area contributed by atoms with E-state index in [1.165, 1.54) is 11.3 Å². The molecule has 0 saturated carbocycles. The van der Waals surface area contributed by atoms with Crippen molar-refractivity contribution < 1.29 is 0 Å². The van der Waals surface area contributed by atoms with Crippen LogP contribution in [-0.2, 0) is 6.54 Å². The normalized spacial score (nSPS) is 11.4. The average molecular weight is 420 g/mol. The van der Waals surface area contributed by atoms with Crippen molar-refractivity contribution in [3.63, 3.8) is 0 Å². The van der Waals surface area contributed by atoms with E-state index in [9.17, 15) is 4.79 Å². The minimum Gasteiger partial charge on any atom is -0.352 e. The molecule has 0 amide bonds. The van der Waals surface area contributed by atoms with Gasteiger partial charge in [0.15, 0.2) is 0 Å². The first-order valence-corrected chi connectivity index (χ1v) is 10.8. The molecule has 0 aliphatic carbocycles. The highest BCUT2D eigenvalue weighted by Gasteiger charge is 2.16. The second-order valence-electron chi connectivity index (χ2n) is 6.79. The van der Waals surface area contributed by atoms with Crippen LogP contribution >= 0.6 is 22.7 Å². The fourth-order valence-corrected chi connectivity index (χ4v) is 5.14. The lowest BCUT2D eigenvalue weighted by molar-refractivity contribution is 0.826. The molecule has 0 spiro atoms. The van der Waals surface area contributed by atoms with Crippen LogP contribution in [0.1, 0.15) is 11.6 Å². The number of hydrogen-bond donors (Lipinski definition) is 1. The highest BCUT2D eigenvalue weighted by atomic mass is 32.1. The van der Waals surface area contributed by atoms with Crippen LogP contribution in [0.25, 0.3) is 30.9 Å². The standard InChI is InChI=1S/C21H17N5OS2/c1-12-22-19(14-10-16(29-21(14)23-12)13-6-4-3-5-7-13)26(2)11-17-24-15-8-9-28-18(15)20(27)25-17/h3-10H,11H2,1-2H3,(H,24,25,27). The summed E-state index contributed by atoms with van der Waals surface area (Å²) < 4.78 is 0.655. The van der Waals surface area contributed by atoms with Gasteiger partial charge in [-0.2, -0.15) is 0 Å². The summed E-state index contributed by atoms with van der Waals surface area (Å²) in [5, 5.41) is 2.88. The molecule has 144 valence electrons. The summed E-state index contributed by atoms with van der Waals surface area (Å²) in [7, 11) is 1.96. The van der Waals surface area contributed by atoms with Crippen LogP contribution in [0.5, 0.6) is 0 Å². The Morgan fingerprint density at radius 3 is 2.76 bits per heavy atom. The summed E-state index contributed by atoms with van der Waals surface area (Å²) in [6.45, 7) is 2.35. The van der Waals surface area contributed by atoms with E-state index in [1.807, 2.05) is 48.5 Å². The predicted molar refractivity (Wildman–Crippen MR) is 120 cm³/mol. The Morgan fingerprint density at radius 1 is 1.10 bits per heavy atom. The van der Waals surface area contributed by atoms with Crippen LogP contribution in [0.3, 0.4) is 0 Å². The molecule has 0 fully saturated rings. The topological polar surface area (TPSA) is 74.8 Å². The van der Waals surface area contributed by atoms with Crippen LogP contribution in [0, 0.1) is 6.92 Å². The zero-order chi connectivity index (χ0) is 20.0. The summed E-state index contributed by atoms with van der Waals surface area (Å²) >= 11 is 3.06. The van der Waals surface area contributed by atoms with E-state index in [1.54, 1.807) is 11.3 Å². The third-order valence-corrected chi connectivity index (χ3v) is 6.64. The number of H-pyrrole nitrogens is 1. The van der Waals surface area contributed by atoms with Crippen molar-refractivity contribution in [2.24, 2.45) is 0 Å². The van der Waals surface area contributed by atoms with E-state index in [4.69, 9.17) is 0 Å². The molecule has 29 heavy (non-hydrogen) atoms. The molecule has 4 heterocycles. The van der Waals surface area contributed by atoms with Gasteiger partial charge in [0.05, 0.1) is 17.4 Å². The maximum atomic E-state index is 12.3. The lowest BCUT2D eigenvalue weighted by Crippen LogP contribution is -2.22. The van der Waals surface area contributed by atoms with Crippen molar-refractivity contribution in [2.45, 2.75) is 13.5 Å². The molecule has 0 bridgehead atoms. The number of benzene rings is 1. The Morgan fingerprint density at radius 2 is 1.93 bits per heavy atom. The molecular formula is C21H17N5OS2. The van der Waals surface area contributed by atoms with Crippen LogP contribution in [0.4, 0.5) is 5.82 Å². The minimum atomic E-state index is -0.0979. The molecule has 0 aliphatic rings. The Hall–Kier alpha value is -3.10. The number of anilines is 1. The molecule has 0 aliphatic heterocycles. The summed E-state index contributed by atoms with van der Waals surface area (Å²) in [6.07, 6.45) is 0. The zero-order valence-corrected chi connectivity index (χ0v) is 17.5. The summed E-state index contributed by atoms with van der Waals surface area (Å²) in [4.78, 5) is 33.2. The maximum absolute atomic E-state index is 12.3. The van der Waals surface area contributed by atoms with Crippen LogP contribution in [-0.4, -0.2) is 27.0 Å². The Labute approximate surface area is 174 Å². The Bertz CT molecular complexity index is 1390. The van der Waals surface area contributed by atoms with Crippen molar-refractivity contribution in [1.82, 2.24) is 19.9 Å². The van der Waals surface area contributed by atoms with Crippen LogP contribution < -0.4 is 10.5 Å². The van der Waals surface area contributed by atoms with Gasteiger partial charge in [0.2, 0.25) is 0 Å². The molecule has 0 radical (unpaired) electrons. The molecule has 1 N–H and O–H groups in total. The molecule has 8 heteroatoms. The first-order chi connectivity index (χ1) is 14.1. The van der Waals surface area contributed by atoms with E-state index in [-0.39, 0.29) is 5.56 Å². The van der Waals surface area contributed by atoms with Crippen molar-refractivity contribution in [2.75, 3.05) is 11.9 Å². The third kappa shape index (κ3) is 3.30. The maximum Gasteiger partial charge on any atom is 0.268 e. The van der Waals surface area contributed by atoms with Crippen molar-refractivity contribution in [3.8, 4) is 10.4 Å². The van der Waals surface area contributed by atoms with Gasteiger partial charge in [-0.05, 0) is 30.0 Å². The number of nitrogens with zero attached hydrogens (tertiary/aromatic N) is 4. The SMILES string of the molecule is Cc1nc(N(C)Cc2nc3ccsc3c(=O)[nH]2)c2cc(-c3ccccc3)sc2n1. The molecule has 6 nitrogen and oxygen atoms in total. The van der Waals surface area contributed by atoms with Gasteiger partial charge in [0.1, 0.15) is 27.0 Å². The van der Waals surface area contributed by atoms with Gasteiger partial charge in [0, 0.05) is 11.9 Å². The highest BCUT2D eigenvalue weighted by Crippen LogP contribution is 2.36. The Kier molecular flexibility index (Phi) is 4.37. The summed E-state index contributed by atoms with van der Waals surface area (Å²) in [6, 6.07) is 14.3. The number of hydrogen-bond acceptors (Lipinski definition) is 7. The second-order valence-corrected chi connectivity index (χ2v) is 8.74. The van der Waals surface area contributed by atoms with Gasteiger partial charge in [-0.15, -0.1) is 22.7 Å². The molecule has 0 unspecified atom stereocenters. The minimum absolute atomic E-state index is 0.0979. The smallest absolute Gasteiger partial charge is 0.268 e. The quantitative estimate of drug-likeness (QED) is 0.461. The van der Waals surface area contributed by atoms with E-state index in [0.29, 0.717) is 17.1 Å². The van der Waals surface area contributed by atoms with Gasteiger partial charge in [-0.1, -0.05) is 30.3 Å². The number of aromatic amines is 1. The summed E-state index contributed by atoms with van der Waals surface area (Å²) in [5.74, 6) is 2.17. The number of rotatable bonds is 4. The largest absolute Gasteiger partial charge is 0.352 e. The molecule has 1 aromatic carbocycles. The van der Waals surface area contributed by atoms with Crippen LogP contribution in [0.2, 0.25) is 0 Å².